The zero-order valence-corrected chi connectivity index (χ0v) is 13.4. The Morgan fingerprint density at radius 3 is 2.62 bits per heavy atom. The summed E-state index contributed by atoms with van der Waals surface area (Å²) in [5, 5.41) is 2.93. The van der Waals surface area contributed by atoms with Gasteiger partial charge in [-0.05, 0) is 25.1 Å². The van der Waals surface area contributed by atoms with E-state index in [1.54, 1.807) is 0 Å². The van der Waals surface area contributed by atoms with E-state index in [2.05, 4.69) is 10.2 Å². The van der Waals surface area contributed by atoms with Crippen LogP contribution < -0.4 is 4.74 Å². The minimum Gasteiger partial charge on any atom is -0.493 e. The van der Waals surface area contributed by atoms with Crippen molar-refractivity contribution in [1.29, 1.82) is 0 Å². The van der Waals surface area contributed by atoms with E-state index in [0.29, 0.717) is 24.7 Å². The molecule has 0 atom stereocenters. The fourth-order valence-electron chi connectivity index (χ4n) is 2.47. The second-order valence-corrected chi connectivity index (χ2v) is 5.38. The summed E-state index contributed by atoms with van der Waals surface area (Å²) in [6, 6.07) is 17.2. The number of aromatic nitrogens is 1. The van der Waals surface area contributed by atoms with Crippen LogP contribution in [0.1, 0.15) is 17.0 Å². The summed E-state index contributed by atoms with van der Waals surface area (Å²) in [4.78, 5) is 15.0. The van der Waals surface area contributed by atoms with Gasteiger partial charge in [-0.3, -0.25) is 0 Å². The van der Waals surface area contributed by atoms with Crippen molar-refractivity contribution in [2.45, 2.75) is 19.9 Å². The van der Waals surface area contributed by atoms with Gasteiger partial charge >= 0.3 is 0 Å². The third-order valence-corrected chi connectivity index (χ3v) is 3.72. The Morgan fingerprint density at radius 2 is 1.83 bits per heavy atom. The highest BCUT2D eigenvalue weighted by Crippen LogP contribution is 2.23. The quantitative estimate of drug-likeness (QED) is 0.599. The van der Waals surface area contributed by atoms with Crippen LogP contribution in [0.25, 0.3) is 11.5 Å². The predicted octanol–water partition coefficient (Wildman–Crippen LogP) is 4.54. The van der Waals surface area contributed by atoms with Crippen molar-refractivity contribution in [3.8, 4) is 17.2 Å². The molecule has 0 saturated heterocycles. The van der Waals surface area contributed by atoms with Crippen molar-refractivity contribution in [2.75, 3.05) is 6.61 Å². The normalized spacial score (nSPS) is 10.5. The fraction of sp³-hybridized carbons (Fsp3) is 0.211. The Hall–Kier alpha value is -2.95. The number of rotatable bonds is 7. The van der Waals surface area contributed by atoms with E-state index in [1.807, 2.05) is 61.5 Å². The number of hydrogen-bond donors (Lipinski definition) is 0. The van der Waals surface area contributed by atoms with E-state index < -0.39 is 0 Å². The van der Waals surface area contributed by atoms with Gasteiger partial charge in [0, 0.05) is 17.5 Å². The number of hydrogen-bond acceptors (Lipinski definition) is 5. The van der Waals surface area contributed by atoms with E-state index in [1.165, 1.54) is 0 Å². The molecule has 0 aliphatic heterocycles. The molecule has 0 radical (unpaired) electrons. The number of aryl methyl sites for hydroxylation is 1. The van der Waals surface area contributed by atoms with Crippen molar-refractivity contribution < 1.29 is 9.15 Å². The van der Waals surface area contributed by atoms with Crippen LogP contribution in [-0.4, -0.2) is 11.6 Å². The molecular weight excluding hydrogens is 304 g/mol. The van der Waals surface area contributed by atoms with Gasteiger partial charge in [-0.25, -0.2) is 4.98 Å². The smallest absolute Gasteiger partial charge is 0.226 e. The topological polar surface area (TPSA) is 64.7 Å². The number of oxazole rings is 1. The molecule has 0 aliphatic carbocycles. The molecule has 0 aliphatic rings. The first-order valence-corrected chi connectivity index (χ1v) is 7.79. The number of ether oxygens (including phenoxy) is 1. The highest BCUT2D eigenvalue weighted by atomic mass is 16.5. The summed E-state index contributed by atoms with van der Waals surface area (Å²) >= 11 is 0. The average molecular weight is 322 g/mol. The average Bonchev–Trinajstić information content (AvgIpc) is 2.98. The standard InChI is InChI=1S/C19H18N2O3/c1-14-17(21-19(24-14)15-7-3-2-4-8-15)11-12-23-18-10-6-5-9-16(18)13-20-22/h2-10H,11-13H2,1H3. The number of nitrogens with zero attached hydrogens (tertiary/aromatic N) is 2. The molecule has 0 spiro atoms. The summed E-state index contributed by atoms with van der Waals surface area (Å²) in [5.41, 5.74) is 2.62. The monoisotopic (exact) mass is 322 g/mol. The number of nitroso groups, excluding NO2 is 1. The van der Waals surface area contributed by atoms with Gasteiger partial charge in [0.05, 0.1) is 12.3 Å². The Bertz CT molecular complexity index is 812. The fourth-order valence-corrected chi connectivity index (χ4v) is 2.47. The molecule has 0 N–H and O–H groups in total. The third-order valence-electron chi connectivity index (χ3n) is 3.72. The lowest BCUT2D eigenvalue weighted by Crippen LogP contribution is -2.04. The van der Waals surface area contributed by atoms with Crippen molar-refractivity contribution >= 4 is 0 Å². The van der Waals surface area contributed by atoms with Gasteiger partial charge in [0.1, 0.15) is 18.1 Å². The van der Waals surface area contributed by atoms with E-state index in [-0.39, 0.29) is 6.54 Å². The minimum atomic E-state index is 0.108. The second kappa shape index (κ2) is 7.55. The first kappa shape index (κ1) is 15.9. The molecule has 3 aromatic rings. The van der Waals surface area contributed by atoms with Crippen LogP contribution in [0, 0.1) is 11.8 Å². The molecule has 2 aromatic carbocycles. The van der Waals surface area contributed by atoms with E-state index in [9.17, 15) is 4.91 Å². The molecule has 3 rings (SSSR count). The Morgan fingerprint density at radius 1 is 1.08 bits per heavy atom. The lowest BCUT2D eigenvalue weighted by Gasteiger charge is -2.08. The minimum absolute atomic E-state index is 0.108. The molecule has 0 unspecified atom stereocenters. The second-order valence-electron chi connectivity index (χ2n) is 5.38. The summed E-state index contributed by atoms with van der Waals surface area (Å²) < 4.78 is 11.5. The van der Waals surface area contributed by atoms with Crippen LogP contribution >= 0.6 is 0 Å². The zero-order chi connectivity index (χ0) is 16.8. The Balaban J connectivity index is 1.66. The SMILES string of the molecule is Cc1oc(-c2ccccc2)nc1CCOc1ccccc1CN=O. The van der Waals surface area contributed by atoms with Crippen molar-refractivity contribution in [1.82, 2.24) is 4.98 Å². The number of para-hydroxylation sites is 1. The summed E-state index contributed by atoms with van der Waals surface area (Å²) in [6.45, 7) is 2.47. The highest BCUT2D eigenvalue weighted by molar-refractivity contribution is 5.53. The van der Waals surface area contributed by atoms with Crippen molar-refractivity contribution in [3.05, 3.63) is 76.5 Å². The molecule has 24 heavy (non-hydrogen) atoms. The van der Waals surface area contributed by atoms with Gasteiger partial charge in [-0.15, -0.1) is 0 Å². The van der Waals surface area contributed by atoms with Crippen molar-refractivity contribution in [2.24, 2.45) is 5.18 Å². The van der Waals surface area contributed by atoms with E-state index in [4.69, 9.17) is 9.15 Å². The molecular formula is C19H18N2O3. The van der Waals surface area contributed by atoms with Gasteiger partial charge in [-0.1, -0.05) is 41.6 Å². The lowest BCUT2D eigenvalue weighted by atomic mass is 10.2. The predicted molar refractivity (Wildman–Crippen MR) is 91.8 cm³/mol. The third kappa shape index (κ3) is 3.68. The highest BCUT2D eigenvalue weighted by Gasteiger charge is 2.11. The molecule has 5 heteroatoms. The maximum absolute atomic E-state index is 10.5. The van der Waals surface area contributed by atoms with Crippen LogP contribution in [0.2, 0.25) is 0 Å². The molecule has 1 heterocycles. The maximum Gasteiger partial charge on any atom is 0.226 e. The molecule has 0 bridgehead atoms. The van der Waals surface area contributed by atoms with Crippen molar-refractivity contribution in [3.63, 3.8) is 0 Å². The van der Waals surface area contributed by atoms with Gasteiger partial charge in [-0.2, -0.15) is 4.91 Å². The maximum atomic E-state index is 10.5. The molecule has 122 valence electrons. The van der Waals surface area contributed by atoms with Crippen LogP contribution in [0.15, 0.2) is 64.2 Å². The Labute approximate surface area is 140 Å². The van der Waals surface area contributed by atoms with Crippen LogP contribution in [-0.2, 0) is 13.0 Å². The largest absolute Gasteiger partial charge is 0.493 e. The van der Waals surface area contributed by atoms with E-state index in [0.717, 1.165) is 22.6 Å². The summed E-state index contributed by atoms with van der Waals surface area (Å²) in [7, 11) is 0. The summed E-state index contributed by atoms with van der Waals surface area (Å²) in [6.07, 6.45) is 0.630. The molecule has 1 aromatic heterocycles. The lowest BCUT2D eigenvalue weighted by molar-refractivity contribution is 0.316. The van der Waals surface area contributed by atoms with Gasteiger partial charge in [0.15, 0.2) is 0 Å². The zero-order valence-electron chi connectivity index (χ0n) is 13.4. The van der Waals surface area contributed by atoms with Crippen LogP contribution in [0.4, 0.5) is 0 Å². The molecule has 5 nitrogen and oxygen atoms in total. The number of benzene rings is 2. The van der Waals surface area contributed by atoms with E-state index >= 15 is 0 Å². The molecule has 0 fully saturated rings. The first-order valence-electron chi connectivity index (χ1n) is 7.79. The van der Waals surface area contributed by atoms with Gasteiger partial charge in [0.2, 0.25) is 5.89 Å². The van der Waals surface area contributed by atoms with Crippen LogP contribution in [0.5, 0.6) is 5.75 Å². The Kier molecular flexibility index (Phi) is 5.01. The van der Waals surface area contributed by atoms with Crippen LogP contribution in [0.3, 0.4) is 0 Å². The first-order chi connectivity index (χ1) is 11.8. The molecule has 0 amide bonds. The van der Waals surface area contributed by atoms with Gasteiger partial charge < -0.3 is 9.15 Å². The van der Waals surface area contributed by atoms with Gasteiger partial charge in [0.25, 0.3) is 0 Å². The molecule has 0 saturated carbocycles. The summed E-state index contributed by atoms with van der Waals surface area (Å²) in [5.74, 6) is 2.09.